The molecule has 0 spiro atoms. The average Bonchev–Trinajstić information content (AvgIpc) is 2.15. The summed E-state index contributed by atoms with van der Waals surface area (Å²) in [5, 5.41) is 0. The molecule has 0 saturated heterocycles. The Balaban J connectivity index is 4.26. The second kappa shape index (κ2) is 7.97. The zero-order valence-electron chi connectivity index (χ0n) is 10.6. The van der Waals surface area contributed by atoms with Gasteiger partial charge in [-0.3, -0.25) is 0 Å². The van der Waals surface area contributed by atoms with E-state index in [1.54, 1.807) is 0 Å². The van der Waals surface area contributed by atoms with Crippen LogP contribution >= 0.6 is 12.2 Å². The molecule has 3 N–H and O–H groups in total. The number of ether oxygens (including phenoxy) is 1. The first kappa shape index (κ1) is 16.8. The van der Waals surface area contributed by atoms with Crippen molar-refractivity contribution in [2.75, 3.05) is 12.4 Å². The molecule has 0 radical (unpaired) electrons. The van der Waals surface area contributed by atoms with Crippen LogP contribution in [0.25, 0.3) is 0 Å². The Kier molecular flexibility index (Phi) is 7.85. The Morgan fingerprint density at radius 3 is 2.47 bits per heavy atom. The Hall–Kier alpha value is -0.240. The molecule has 0 aliphatic rings. The SMILES string of the molecule is CCCC(NS(=O)(=O)CCOC(C)C)C(N)=S. The van der Waals surface area contributed by atoms with Crippen molar-refractivity contribution in [3.8, 4) is 0 Å². The predicted molar refractivity (Wildman–Crippen MR) is 73.5 cm³/mol. The number of hydrogen-bond acceptors (Lipinski definition) is 4. The summed E-state index contributed by atoms with van der Waals surface area (Å²) in [6.07, 6.45) is 1.44. The Labute approximate surface area is 109 Å². The Bertz CT molecular complexity index is 328. The molecule has 17 heavy (non-hydrogen) atoms. The van der Waals surface area contributed by atoms with E-state index in [4.69, 9.17) is 22.7 Å². The smallest absolute Gasteiger partial charge is 0.214 e. The fourth-order valence-corrected chi connectivity index (χ4v) is 2.58. The lowest BCUT2D eigenvalue weighted by Gasteiger charge is -2.17. The van der Waals surface area contributed by atoms with Crippen LogP contribution in [0.4, 0.5) is 0 Å². The van der Waals surface area contributed by atoms with Crippen molar-refractivity contribution in [3.05, 3.63) is 0 Å². The molecule has 102 valence electrons. The van der Waals surface area contributed by atoms with Crippen LogP contribution in [0.3, 0.4) is 0 Å². The van der Waals surface area contributed by atoms with Gasteiger partial charge in [-0.2, -0.15) is 0 Å². The normalized spacial score (nSPS) is 13.9. The Morgan fingerprint density at radius 1 is 1.47 bits per heavy atom. The highest BCUT2D eigenvalue weighted by molar-refractivity contribution is 7.89. The van der Waals surface area contributed by atoms with E-state index in [0.29, 0.717) is 6.42 Å². The summed E-state index contributed by atoms with van der Waals surface area (Å²) < 4.78 is 31.1. The third kappa shape index (κ3) is 8.48. The van der Waals surface area contributed by atoms with E-state index >= 15 is 0 Å². The van der Waals surface area contributed by atoms with Gasteiger partial charge in [-0.1, -0.05) is 25.6 Å². The van der Waals surface area contributed by atoms with Crippen molar-refractivity contribution < 1.29 is 13.2 Å². The monoisotopic (exact) mass is 282 g/mol. The lowest BCUT2D eigenvalue weighted by Crippen LogP contribution is -2.44. The van der Waals surface area contributed by atoms with E-state index in [2.05, 4.69) is 4.72 Å². The van der Waals surface area contributed by atoms with Gasteiger partial charge in [0.2, 0.25) is 10.0 Å². The topological polar surface area (TPSA) is 81.4 Å². The molecule has 0 saturated carbocycles. The highest BCUT2D eigenvalue weighted by atomic mass is 32.2. The largest absolute Gasteiger partial charge is 0.392 e. The molecule has 0 aromatic carbocycles. The van der Waals surface area contributed by atoms with Gasteiger partial charge in [0.25, 0.3) is 0 Å². The van der Waals surface area contributed by atoms with Gasteiger partial charge in [0.15, 0.2) is 0 Å². The molecule has 0 aromatic heterocycles. The van der Waals surface area contributed by atoms with Crippen LogP contribution < -0.4 is 10.5 Å². The second-order valence-corrected chi connectivity index (χ2v) is 6.44. The van der Waals surface area contributed by atoms with Crippen molar-refractivity contribution in [1.29, 1.82) is 0 Å². The van der Waals surface area contributed by atoms with Crippen molar-refractivity contribution >= 4 is 27.2 Å². The summed E-state index contributed by atoms with van der Waals surface area (Å²) in [6, 6.07) is -0.459. The quantitative estimate of drug-likeness (QED) is 0.611. The number of nitrogens with two attached hydrogens (primary N) is 1. The van der Waals surface area contributed by atoms with E-state index in [9.17, 15) is 8.42 Å². The molecular weight excluding hydrogens is 260 g/mol. The van der Waals surface area contributed by atoms with Crippen molar-refractivity contribution in [2.45, 2.75) is 45.8 Å². The van der Waals surface area contributed by atoms with Gasteiger partial charge in [0, 0.05) is 0 Å². The minimum atomic E-state index is -3.39. The molecule has 0 bridgehead atoms. The summed E-state index contributed by atoms with van der Waals surface area (Å²) >= 11 is 4.82. The summed E-state index contributed by atoms with van der Waals surface area (Å²) in [4.78, 5) is 0.181. The van der Waals surface area contributed by atoms with E-state index < -0.39 is 16.1 Å². The number of rotatable bonds is 9. The first-order valence-electron chi connectivity index (χ1n) is 5.69. The lowest BCUT2D eigenvalue weighted by atomic mass is 10.2. The van der Waals surface area contributed by atoms with Crippen LogP contribution in [0, 0.1) is 0 Å². The van der Waals surface area contributed by atoms with Crippen LogP contribution in [-0.4, -0.2) is 37.9 Å². The zero-order chi connectivity index (χ0) is 13.5. The maximum absolute atomic E-state index is 11.7. The van der Waals surface area contributed by atoms with E-state index in [1.165, 1.54) is 0 Å². The van der Waals surface area contributed by atoms with E-state index in [1.807, 2.05) is 20.8 Å². The number of sulfonamides is 1. The standard InChI is InChI=1S/C10H22N2O3S2/c1-4-5-9(10(11)16)12-17(13,14)7-6-15-8(2)3/h8-9,12H,4-7H2,1-3H3,(H2,11,16). The molecule has 0 aromatic rings. The average molecular weight is 282 g/mol. The van der Waals surface area contributed by atoms with E-state index in [0.717, 1.165) is 6.42 Å². The number of thiocarbonyl (C=S) groups is 1. The highest BCUT2D eigenvalue weighted by Gasteiger charge is 2.19. The van der Waals surface area contributed by atoms with Gasteiger partial charge in [0.1, 0.15) is 0 Å². The van der Waals surface area contributed by atoms with Gasteiger partial charge < -0.3 is 10.5 Å². The molecule has 7 heteroatoms. The van der Waals surface area contributed by atoms with Gasteiger partial charge in [-0.15, -0.1) is 0 Å². The van der Waals surface area contributed by atoms with Crippen molar-refractivity contribution in [2.24, 2.45) is 5.73 Å². The van der Waals surface area contributed by atoms with Crippen molar-refractivity contribution in [3.63, 3.8) is 0 Å². The summed E-state index contributed by atoms with van der Waals surface area (Å²) in [5.41, 5.74) is 5.48. The van der Waals surface area contributed by atoms with Gasteiger partial charge in [-0.25, -0.2) is 13.1 Å². The number of hydrogen-bond donors (Lipinski definition) is 2. The fourth-order valence-electron chi connectivity index (χ4n) is 1.22. The van der Waals surface area contributed by atoms with Gasteiger partial charge >= 0.3 is 0 Å². The number of nitrogens with one attached hydrogen (secondary N) is 1. The first-order valence-corrected chi connectivity index (χ1v) is 7.75. The highest BCUT2D eigenvalue weighted by Crippen LogP contribution is 2.00. The molecule has 0 amide bonds. The molecule has 0 rings (SSSR count). The molecule has 0 fully saturated rings. The maximum atomic E-state index is 11.7. The minimum Gasteiger partial charge on any atom is -0.392 e. The third-order valence-electron chi connectivity index (χ3n) is 2.05. The molecule has 0 aliphatic carbocycles. The molecular formula is C10H22N2O3S2. The molecule has 1 unspecified atom stereocenters. The first-order chi connectivity index (χ1) is 7.78. The summed E-state index contributed by atoms with van der Waals surface area (Å²) in [7, 11) is -3.39. The minimum absolute atomic E-state index is 0.0206. The van der Waals surface area contributed by atoms with Crippen molar-refractivity contribution in [1.82, 2.24) is 4.72 Å². The summed E-state index contributed by atoms with van der Waals surface area (Å²) in [6.45, 7) is 5.83. The summed E-state index contributed by atoms with van der Waals surface area (Å²) in [5.74, 6) is -0.0754. The van der Waals surface area contributed by atoms with Gasteiger partial charge in [-0.05, 0) is 20.3 Å². The van der Waals surface area contributed by atoms with Crippen LogP contribution in [-0.2, 0) is 14.8 Å². The van der Waals surface area contributed by atoms with Crippen LogP contribution in [0.1, 0.15) is 33.6 Å². The van der Waals surface area contributed by atoms with E-state index in [-0.39, 0.29) is 23.5 Å². The van der Waals surface area contributed by atoms with Crippen LogP contribution in [0.2, 0.25) is 0 Å². The zero-order valence-corrected chi connectivity index (χ0v) is 12.2. The van der Waals surface area contributed by atoms with Crippen LogP contribution in [0.15, 0.2) is 0 Å². The maximum Gasteiger partial charge on any atom is 0.214 e. The molecule has 5 nitrogen and oxygen atoms in total. The van der Waals surface area contributed by atoms with Gasteiger partial charge in [0.05, 0.1) is 29.5 Å². The fraction of sp³-hybridized carbons (Fsp3) is 0.900. The Morgan fingerprint density at radius 2 is 2.06 bits per heavy atom. The lowest BCUT2D eigenvalue weighted by molar-refractivity contribution is 0.0911. The molecule has 1 atom stereocenters. The molecule has 0 heterocycles. The molecule has 0 aliphatic heterocycles. The van der Waals surface area contributed by atoms with Crippen LogP contribution in [0.5, 0.6) is 0 Å². The third-order valence-corrected chi connectivity index (χ3v) is 3.68. The second-order valence-electron chi connectivity index (χ2n) is 4.10. The predicted octanol–water partition coefficient (Wildman–Crippen LogP) is 0.786.